The zero-order chi connectivity index (χ0) is 22.5. The lowest BCUT2D eigenvalue weighted by Gasteiger charge is -2.32. The summed E-state index contributed by atoms with van der Waals surface area (Å²) in [6.07, 6.45) is 16.6. The van der Waals surface area contributed by atoms with Crippen molar-refractivity contribution in [1.29, 1.82) is 0 Å². The molecule has 3 fully saturated rings. The fraction of sp³-hybridized carbons (Fsp3) is 0.667. The second kappa shape index (κ2) is 10.6. The van der Waals surface area contributed by atoms with Gasteiger partial charge in [0, 0.05) is 31.0 Å². The normalized spacial score (nSPS) is 25.8. The highest BCUT2D eigenvalue weighted by atomic mass is 15.1. The van der Waals surface area contributed by atoms with Crippen LogP contribution >= 0.6 is 0 Å². The highest BCUT2D eigenvalue weighted by Gasteiger charge is 2.27. The number of hydrogen-bond donors (Lipinski definition) is 3. The maximum atomic E-state index is 6.49. The zero-order valence-electron chi connectivity index (χ0n) is 20.2. The Labute approximate surface area is 194 Å². The Bertz CT molecular complexity index is 812. The van der Waals surface area contributed by atoms with E-state index in [9.17, 15) is 0 Å². The van der Waals surface area contributed by atoms with Crippen LogP contribution in [0.15, 0.2) is 29.0 Å². The molecule has 0 amide bonds. The maximum Gasteiger partial charge on any atom is 0.0923 e. The Morgan fingerprint density at radius 3 is 2.50 bits per heavy atom. The van der Waals surface area contributed by atoms with Gasteiger partial charge in [-0.1, -0.05) is 6.92 Å². The van der Waals surface area contributed by atoms with Gasteiger partial charge in [-0.15, -0.1) is 0 Å². The average molecular weight is 438 g/mol. The summed E-state index contributed by atoms with van der Waals surface area (Å²) >= 11 is 0. The lowest BCUT2D eigenvalue weighted by Crippen LogP contribution is -2.36. The monoisotopic (exact) mass is 437 g/mol. The van der Waals surface area contributed by atoms with Crippen molar-refractivity contribution in [2.45, 2.75) is 84.1 Å². The van der Waals surface area contributed by atoms with Crippen LogP contribution in [0.1, 0.15) is 77.2 Å². The van der Waals surface area contributed by atoms with Crippen molar-refractivity contribution in [2.75, 3.05) is 23.7 Å². The summed E-state index contributed by atoms with van der Waals surface area (Å²) in [5.41, 5.74) is 17.2. The van der Waals surface area contributed by atoms with E-state index in [0.29, 0.717) is 17.9 Å². The molecule has 1 aromatic carbocycles. The molecule has 4 rings (SSSR count). The molecule has 0 bridgehead atoms. The highest BCUT2D eigenvalue weighted by molar-refractivity contribution is 5.77. The molecule has 0 aromatic heterocycles. The van der Waals surface area contributed by atoms with E-state index < -0.39 is 0 Å². The van der Waals surface area contributed by atoms with Crippen LogP contribution in [0.25, 0.3) is 0 Å². The Morgan fingerprint density at radius 2 is 1.84 bits per heavy atom. The van der Waals surface area contributed by atoms with Crippen LogP contribution in [-0.4, -0.2) is 25.3 Å². The summed E-state index contributed by atoms with van der Waals surface area (Å²) in [7, 11) is 0. The number of benzene rings is 1. The number of nitrogens with one attached hydrogen (secondary N) is 1. The van der Waals surface area contributed by atoms with E-state index in [1.165, 1.54) is 69.0 Å². The van der Waals surface area contributed by atoms with Gasteiger partial charge in [0.25, 0.3) is 0 Å². The molecule has 1 aliphatic heterocycles. The summed E-state index contributed by atoms with van der Waals surface area (Å²) in [5, 5.41) is 3.60. The number of rotatable bonds is 8. The molecule has 2 aliphatic carbocycles. The van der Waals surface area contributed by atoms with Gasteiger partial charge >= 0.3 is 0 Å². The topological polar surface area (TPSA) is 79.7 Å². The summed E-state index contributed by atoms with van der Waals surface area (Å²) in [5.74, 6) is 3.04. The molecule has 1 saturated heterocycles. The third-order valence-electron chi connectivity index (χ3n) is 7.72. The molecule has 0 spiro atoms. The predicted octanol–water partition coefficient (Wildman–Crippen LogP) is 5.52. The number of anilines is 2. The van der Waals surface area contributed by atoms with Gasteiger partial charge in [0.05, 0.1) is 17.2 Å². The number of aliphatic imine (C=N–C) groups is 1. The van der Waals surface area contributed by atoms with Crippen LogP contribution in [0.4, 0.5) is 17.1 Å². The maximum absolute atomic E-state index is 6.49. The molecule has 1 heterocycles. The van der Waals surface area contributed by atoms with Crippen LogP contribution in [0.5, 0.6) is 0 Å². The summed E-state index contributed by atoms with van der Waals surface area (Å²) in [4.78, 5) is 7.16. The van der Waals surface area contributed by atoms with Crippen LogP contribution < -0.4 is 21.7 Å². The molecule has 2 saturated carbocycles. The first-order valence-electron chi connectivity index (χ1n) is 12.9. The molecule has 5 N–H and O–H groups in total. The number of hydrogen-bond acceptors (Lipinski definition) is 5. The first kappa shape index (κ1) is 23.0. The first-order valence-corrected chi connectivity index (χ1v) is 12.9. The molecule has 1 unspecified atom stereocenters. The van der Waals surface area contributed by atoms with Crippen LogP contribution in [0.2, 0.25) is 0 Å². The Morgan fingerprint density at radius 1 is 1.12 bits per heavy atom. The molecule has 1 atom stereocenters. The van der Waals surface area contributed by atoms with Gasteiger partial charge < -0.3 is 21.7 Å². The molecule has 5 nitrogen and oxygen atoms in total. The Balaban J connectivity index is 1.37. The van der Waals surface area contributed by atoms with Crippen molar-refractivity contribution < 1.29 is 0 Å². The fourth-order valence-electron chi connectivity index (χ4n) is 5.63. The third-order valence-corrected chi connectivity index (χ3v) is 7.72. The number of nitrogens with zero attached hydrogens (tertiary/aromatic N) is 2. The molecule has 1 aromatic rings. The van der Waals surface area contributed by atoms with Crippen LogP contribution in [0.3, 0.4) is 0 Å². The quantitative estimate of drug-likeness (QED) is 0.370. The molecule has 176 valence electrons. The minimum absolute atomic E-state index is 0.506. The second-order valence-electron chi connectivity index (χ2n) is 10.4. The number of allylic oxidation sites excluding steroid dienone is 1. The fourth-order valence-corrected chi connectivity index (χ4v) is 5.63. The Hall–Kier alpha value is -2.17. The minimum atomic E-state index is 0.506. The van der Waals surface area contributed by atoms with Gasteiger partial charge in [0.15, 0.2) is 0 Å². The molecule has 3 aliphatic rings. The minimum Gasteiger partial charge on any atom is -0.397 e. The van der Waals surface area contributed by atoms with Crippen LogP contribution in [0, 0.1) is 17.8 Å². The number of nitrogens with two attached hydrogens (primary N) is 2. The summed E-state index contributed by atoms with van der Waals surface area (Å²) < 4.78 is 0. The van der Waals surface area contributed by atoms with Crippen LogP contribution in [-0.2, 0) is 6.42 Å². The number of piperidine rings is 1. The van der Waals surface area contributed by atoms with E-state index >= 15 is 0 Å². The van der Waals surface area contributed by atoms with E-state index in [2.05, 4.69) is 40.3 Å². The number of nitrogen functional groups attached to an aromatic ring is 1. The van der Waals surface area contributed by atoms with E-state index in [1.807, 2.05) is 13.1 Å². The molecular weight excluding hydrogens is 394 g/mol. The highest BCUT2D eigenvalue weighted by Crippen LogP contribution is 2.38. The molecular formula is C27H43N5. The lowest BCUT2D eigenvalue weighted by molar-refractivity contribution is 0.301. The summed E-state index contributed by atoms with van der Waals surface area (Å²) in [6.45, 7) is 6.55. The molecule has 5 heteroatoms. The van der Waals surface area contributed by atoms with E-state index in [-0.39, 0.29) is 0 Å². The van der Waals surface area contributed by atoms with Gasteiger partial charge in [0.2, 0.25) is 0 Å². The SMILES string of the molecule is CC=Nc1c(N)cc(N2CCCCC2)cc1CC1CCC(N/C(N)=C/C(C)C2CC2)CC1. The Kier molecular flexibility index (Phi) is 7.64. The first-order chi connectivity index (χ1) is 15.5. The second-order valence-corrected chi connectivity index (χ2v) is 10.4. The average Bonchev–Trinajstić information content (AvgIpc) is 3.63. The van der Waals surface area contributed by atoms with Gasteiger partial charge in [0.1, 0.15) is 0 Å². The largest absolute Gasteiger partial charge is 0.397 e. The smallest absolute Gasteiger partial charge is 0.0923 e. The van der Waals surface area contributed by atoms with Crippen molar-refractivity contribution >= 4 is 23.3 Å². The van der Waals surface area contributed by atoms with Crippen molar-refractivity contribution in [3.63, 3.8) is 0 Å². The van der Waals surface area contributed by atoms with Crippen molar-refractivity contribution in [1.82, 2.24) is 5.32 Å². The van der Waals surface area contributed by atoms with Crippen molar-refractivity contribution in [2.24, 2.45) is 28.5 Å². The molecule has 32 heavy (non-hydrogen) atoms. The van der Waals surface area contributed by atoms with Gasteiger partial charge in [-0.3, -0.25) is 4.99 Å². The van der Waals surface area contributed by atoms with Gasteiger partial charge in [-0.2, -0.15) is 0 Å². The summed E-state index contributed by atoms with van der Waals surface area (Å²) in [6, 6.07) is 5.01. The van der Waals surface area contributed by atoms with E-state index in [1.54, 1.807) is 0 Å². The zero-order valence-corrected chi connectivity index (χ0v) is 20.2. The molecule has 0 radical (unpaired) electrons. The van der Waals surface area contributed by atoms with Gasteiger partial charge in [-0.05, 0) is 113 Å². The van der Waals surface area contributed by atoms with E-state index in [0.717, 1.165) is 42.6 Å². The predicted molar refractivity (Wildman–Crippen MR) is 137 cm³/mol. The standard InChI is InChI=1S/C27H43N5/c1-3-30-27-22(17-24(18-25(27)28)32-13-5-4-6-14-32)16-20-7-11-23(12-8-20)31-26(29)15-19(2)21-9-10-21/h3,15,17-21,23,31H,4-14,16,28-29H2,1-2H3/b26-15+,30-3?. The van der Waals surface area contributed by atoms with Gasteiger partial charge in [-0.25, -0.2) is 0 Å². The lowest BCUT2D eigenvalue weighted by atomic mass is 9.82. The third kappa shape index (κ3) is 5.99. The van der Waals surface area contributed by atoms with Crippen molar-refractivity contribution in [3.8, 4) is 0 Å². The van der Waals surface area contributed by atoms with E-state index in [4.69, 9.17) is 11.5 Å². The van der Waals surface area contributed by atoms with Crippen molar-refractivity contribution in [3.05, 3.63) is 29.6 Å².